The number of nitrogens with zero attached hydrogens (tertiary/aromatic N) is 2. The SMILES string of the molecule is CC[C@@H]1CN(CCOc2cccc(F)c2)CCN1C[C@H](C)O. The summed E-state index contributed by atoms with van der Waals surface area (Å²) in [5.74, 6) is 0.315. The molecule has 5 heteroatoms. The molecule has 0 radical (unpaired) electrons. The summed E-state index contributed by atoms with van der Waals surface area (Å²) in [4.78, 5) is 4.75. The average molecular weight is 310 g/mol. The van der Waals surface area contributed by atoms with Crippen molar-refractivity contribution < 1.29 is 14.2 Å². The molecular weight excluding hydrogens is 283 g/mol. The van der Waals surface area contributed by atoms with Crippen LogP contribution >= 0.6 is 0 Å². The summed E-state index contributed by atoms with van der Waals surface area (Å²) in [5, 5.41) is 9.57. The maximum atomic E-state index is 13.1. The first-order valence-electron chi connectivity index (χ1n) is 8.11. The van der Waals surface area contributed by atoms with Crippen molar-refractivity contribution >= 4 is 0 Å². The summed E-state index contributed by atoms with van der Waals surface area (Å²) in [6, 6.07) is 6.75. The fraction of sp³-hybridized carbons (Fsp3) is 0.647. The third-order valence-corrected chi connectivity index (χ3v) is 4.13. The number of benzene rings is 1. The maximum Gasteiger partial charge on any atom is 0.126 e. The highest BCUT2D eigenvalue weighted by atomic mass is 19.1. The van der Waals surface area contributed by atoms with Gasteiger partial charge in [0.1, 0.15) is 18.2 Å². The molecule has 1 heterocycles. The van der Waals surface area contributed by atoms with Gasteiger partial charge < -0.3 is 9.84 Å². The minimum absolute atomic E-state index is 0.268. The second kappa shape index (κ2) is 8.46. The number of β-amino-alcohol motifs (C(OH)–C–C–N with tert-alkyl or cyclic N) is 1. The molecule has 0 unspecified atom stereocenters. The molecule has 0 aliphatic carbocycles. The molecule has 2 atom stereocenters. The smallest absolute Gasteiger partial charge is 0.126 e. The van der Waals surface area contributed by atoms with Crippen LogP contribution in [0.4, 0.5) is 4.39 Å². The molecule has 1 saturated heterocycles. The highest BCUT2D eigenvalue weighted by Crippen LogP contribution is 2.15. The van der Waals surface area contributed by atoms with E-state index < -0.39 is 0 Å². The molecule has 1 fully saturated rings. The Bertz CT molecular complexity index is 456. The van der Waals surface area contributed by atoms with Gasteiger partial charge in [-0.05, 0) is 25.5 Å². The number of hydrogen-bond donors (Lipinski definition) is 1. The number of aliphatic hydroxyl groups excluding tert-OH is 1. The number of ether oxygens (including phenoxy) is 1. The Morgan fingerprint density at radius 2 is 2.23 bits per heavy atom. The Labute approximate surface area is 132 Å². The van der Waals surface area contributed by atoms with Gasteiger partial charge in [0, 0.05) is 44.8 Å². The van der Waals surface area contributed by atoms with E-state index in [-0.39, 0.29) is 11.9 Å². The quantitative estimate of drug-likeness (QED) is 0.835. The molecule has 0 bridgehead atoms. The topological polar surface area (TPSA) is 35.9 Å². The highest BCUT2D eigenvalue weighted by molar-refractivity contribution is 5.22. The molecule has 4 nitrogen and oxygen atoms in total. The van der Waals surface area contributed by atoms with Crippen LogP contribution < -0.4 is 4.74 Å². The zero-order chi connectivity index (χ0) is 15.9. The molecule has 0 aromatic heterocycles. The van der Waals surface area contributed by atoms with Crippen molar-refractivity contribution in [3.8, 4) is 5.75 Å². The van der Waals surface area contributed by atoms with Crippen LogP contribution in [0.15, 0.2) is 24.3 Å². The summed E-state index contributed by atoms with van der Waals surface area (Å²) in [6.45, 7) is 9.13. The largest absolute Gasteiger partial charge is 0.492 e. The zero-order valence-electron chi connectivity index (χ0n) is 13.5. The van der Waals surface area contributed by atoms with Gasteiger partial charge in [-0.15, -0.1) is 0 Å². The van der Waals surface area contributed by atoms with Crippen molar-refractivity contribution in [1.29, 1.82) is 0 Å². The van der Waals surface area contributed by atoms with Crippen LogP contribution in [0.25, 0.3) is 0 Å². The summed E-state index contributed by atoms with van der Waals surface area (Å²) < 4.78 is 18.7. The normalized spacial score (nSPS) is 21.7. The molecule has 2 rings (SSSR count). The summed E-state index contributed by atoms with van der Waals surface area (Å²) in [5.41, 5.74) is 0. The molecular formula is C17H27FN2O2. The first-order valence-corrected chi connectivity index (χ1v) is 8.11. The van der Waals surface area contributed by atoms with Crippen LogP contribution in [-0.4, -0.2) is 66.4 Å². The molecule has 1 N–H and O–H groups in total. The zero-order valence-corrected chi connectivity index (χ0v) is 13.5. The number of aliphatic hydroxyl groups is 1. The molecule has 1 aromatic rings. The second-order valence-corrected chi connectivity index (χ2v) is 6.01. The van der Waals surface area contributed by atoms with Gasteiger partial charge >= 0.3 is 0 Å². The van der Waals surface area contributed by atoms with E-state index in [2.05, 4.69) is 16.7 Å². The fourth-order valence-electron chi connectivity index (χ4n) is 2.98. The highest BCUT2D eigenvalue weighted by Gasteiger charge is 2.26. The Hall–Kier alpha value is -1.17. The van der Waals surface area contributed by atoms with Crippen molar-refractivity contribution in [2.24, 2.45) is 0 Å². The van der Waals surface area contributed by atoms with Gasteiger partial charge in [-0.1, -0.05) is 13.0 Å². The molecule has 0 saturated carbocycles. The summed E-state index contributed by atoms with van der Waals surface area (Å²) in [7, 11) is 0. The van der Waals surface area contributed by atoms with Gasteiger partial charge in [-0.3, -0.25) is 9.80 Å². The predicted octanol–water partition coefficient (Wildman–Crippen LogP) is 1.98. The molecule has 22 heavy (non-hydrogen) atoms. The van der Waals surface area contributed by atoms with E-state index in [0.29, 0.717) is 18.4 Å². The Kier molecular flexibility index (Phi) is 6.61. The molecule has 0 amide bonds. The van der Waals surface area contributed by atoms with Gasteiger partial charge in [-0.2, -0.15) is 0 Å². The number of piperazine rings is 1. The van der Waals surface area contributed by atoms with E-state index in [1.807, 2.05) is 6.92 Å². The third kappa shape index (κ3) is 5.23. The standard InChI is InChI=1S/C17H27FN2O2/c1-3-16-13-19(7-8-20(16)12-14(2)21)9-10-22-17-6-4-5-15(18)11-17/h4-6,11,14,16,21H,3,7-10,12-13H2,1-2H3/t14-,16+/m0/s1. The maximum absolute atomic E-state index is 13.1. The Morgan fingerprint density at radius 3 is 2.91 bits per heavy atom. The van der Waals surface area contributed by atoms with Crippen molar-refractivity contribution in [2.75, 3.05) is 39.3 Å². The second-order valence-electron chi connectivity index (χ2n) is 6.01. The Morgan fingerprint density at radius 1 is 1.41 bits per heavy atom. The first-order chi connectivity index (χ1) is 10.6. The summed E-state index contributed by atoms with van der Waals surface area (Å²) in [6.07, 6.45) is 0.797. The van der Waals surface area contributed by atoms with Gasteiger partial charge in [0.25, 0.3) is 0 Å². The van der Waals surface area contributed by atoms with Crippen LogP contribution in [0.1, 0.15) is 20.3 Å². The van der Waals surface area contributed by atoms with Crippen molar-refractivity contribution in [3.63, 3.8) is 0 Å². The minimum Gasteiger partial charge on any atom is -0.492 e. The molecule has 0 spiro atoms. The van der Waals surface area contributed by atoms with Crippen molar-refractivity contribution in [3.05, 3.63) is 30.1 Å². The lowest BCUT2D eigenvalue weighted by molar-refractivity contribution is 0.0322. The monoisotopic (exact) mass is 310 g/mol. The van der Waals surface area contributed by atoms with Crippen LogP contribution in [0, 0.1) is 5.82 Å². The average Bonchev–Trinajstić information content (AvgIpc) is 2.48. The van der Waals surface area contributed by atoms with Gasteiger partial charge in [-0.25, -0.2) is 4.39 Å². The fourth-order valence-corrected chi connectivity index (χ4v) is 2.98. The number of rotatable bonds is 7. The van der Waals surface area contributed by atoms with Crippen LogP contribution in [0.2, 0.25) is 0 Å². The first kappa shape index (κ1) is 17.2. The van der Waals surface area contributed by atoms with E-state index in [4.69, 9.17) is 4.74 Å². The lowest BCUT2D eigenvalue weighted by atomic mass is 10.1. The van der Waals surface area contributed by atoms with E-state index in [0.717, 1.165) is 39.1 Å². The molecule has 1 aliphatic heterocycles. The third-order valence-electron chi connectivity index (χ3n) is 4.13. The van der Waals surface area contributed by atoms with E-state index in [1.165, 1.54) is 12.1 Å². The molecule has 1 aliphatic rings. The van der Waals surface area contributed by atoms with E-state index >= 15 is 0 Å². The number of halogens is 1. The van der Waals surface area contributed by atoms with Crippen molar-refractivity contribution in [2.45, 2.75) is 32.4 Å². The van der Waals surface area contributed by atoms with E-state index in [1.54, 1.807) is 12.1 Å². The lowest BCUT2D eigenvalue weighted by Gasteiger charge is -2.41. The van der Waals surface area contributed by atoms with Gasteiger partial charge in [0.05, 0.1) is 6.10 Å². The predicted molar refractivity (Wildman–Crippen MR) is 85.7 cm³/mol. The lowest BCUT2D eigenvalue weighted by Crippen LogP contribution is -2.55. The molecule has 1 aromatic carbocycles. The van der Waals surface area contributed by atoms with Crippen molar-refractivity contribution in [1.82, 2.24) is 9.80 Å². The van der Waals surface area contributed by atoms with E-state index in [9.17, 15) is 9.50 Å². The van der Waals surface area contributed by atoms with Gasteiger partial charge in [0.2, 0.25) is 0 Å². The van der Waals surface area contributed by atoms with Crippen LogP contribution in [0.5, 0.6) is 5.75 Å². The number of hydrogen-bond acceptors (Lipinski definition) is 4. The van der Waals surface area contributed by atoms with Crippen LogP contribution in [0.3, 0.4) is 0 Å². The Balaban J connectivity index is 1.75. The minimum atomic E-state index is -0.281. The van der Waals surface area contributed by atoms with Gasteiger partial charge in [0.15, 0.2) is 0 Å². The molecule has 124 valence electrons. The summed E-state index contributed by atoms with van der Waals surface area (Å²) >= 11 is 0. The van der Waals surface area contributed by atoms with Crippen LogP contribution in [-0.2, 0) is 0 Å².